The van der Waals surface area contributed by atoms with E-state index in [1.165, 1.54) is 38.4 Å². The number of anilines is 2. The summed E-state index contributed by atoms with van der Waals surface area (Å²) in [4.78, 5) is 55.5. The second kappa shape index (κ2) is 17.8. The van der Waals surface area contributed by atoms with Crippen LogP contribution in [-0.2, 0) is 38.4 Å². The maximum Gasteiger partial charge on any atom is 0.281 e. The molecule has 6 atom stereocenters. The van der Waals surface area contributed by atoms with Gasteiger partial charge in [0.2, 0.25) is 17.5 Å². The minimum Gasteiger partial charge on any atom is -0.349 e. The molecule has 12 nitrogen and oxygen atoms in total. The zero-order chi connectivity index (χ0) is 46.1. The molecular weight excluding hydrogens is 906 g/mol. The third-order valence-corrected chi connectivity index (χ3v) is 15.4. The summed E-state index contributed by atoms with van der Waals surface area (Å²) >= 11 is 9.97. The van der Waals surface area contributed by atoms with E-state index in [9.17, 15) is 19.5 Å². The summed E-state index contributed by atoms with van der Waals surface area (Å²) in [6.45, 7) is 10.7. The number of nitrogens with zero attached hydrogens (tertiary/aromatic N) is 5. The number of nitrogens with one attached hydrogen (secondary N) is 2. The number of halogens is 2. The number of carbonyl (C=O) groups is 3. The van der Waals surface area contributed by atoms with Crippen molar-refractivity contribution in [3.8, 4) is 0 Å². The average molecular weight is 969 g/mol. The van der Waals surface area contributed by atoms with Crippen molar-refractivity contribution in [1.29, 1.82) is 0 Å². The fourth-order valence-corrected chi connectivity index (χ4v) is 12.1. The summed E-state index contributed by atoms with van der Waals surface area (Å²) in [6.07, 6.45) is 7.79. The number of benzene rings is 3. The van der Waals surface area contributed by atoms with Crippen LogP contribution in [0.2, 0.25) is 5.02 Å². The van der Waals surface area contributed by atoms with Crippen molar-refractivity contribution >= 4 is 73.1 Å². The molecule has 3 fully saturated rings. The lowest BCUT2D eigenvalue weighted by atomic mass is 9.79. The van der Waals surface area contributed by atoms with Gasteiger partial charge in [-0.3, -0.25) is 28.9 Å². The van der Waals surface area contributed by atoms with E-state index in [4.69, 9.17) is 16.3 Å². The number of piperazine rings is 1. The van der Waals surface area contributed by atoms with Crippen LogP contribution in [-0.4, -0.2) is 124 Å². The highest BCUT2D eigenvalue weighted by molar-refractivity contribution is 9.10. The summed E-state index contributed by atoms with van der Waals surface area (Å²) in [6, 6.07) is 19.8. The van der Waals surface area contributed by atoms with E-state index in [0.717, 1.165) is 71.5 Å². The van der Waals surface area contributed by atoms with Gasteiger partial charge in [-0.05, 0) is 147 Å². The largest absolute Gasteiger partial charge is 0.349 e. The molecule has 0 spiro atoms. The predicted octanol–water partition coefficient (Wildman–Crippen LogP) is 7.72. The van der Waals surface area contributed by atoms with Crippen molar-refractivity contribution in [2.24, 2.45) is 17.8 Å². The summed E-state index contributed by atoms with van der Waals surface area (Å²) in [5.41, 5.74) is 8.11. The van der Waals surface area contributed by atoms with Gasteiger partial charge in [0.25, 0.3) is 11.8 Å². The summed E-state index contributed by atoms with van der Waals surface area (Å²) < 4.78 is 7.43. The lowest BCUT2D eigenvalue weighted by molar-refractivity contribution is -0.322. The van der Waals surface area contributed by atoms with Gasteiger partial charge in [-0.2, -0.15) is 0 Å². The Morgan fingerprint density at radius 1 is 1.05 bits per heavy atom. The lowest BCUT2D eigenvalue weighted by Gasteiger charge is -2.49. The van der Waals surface area contributed by atoms with Crippen LogP contribution in [0, 0.1) is 17.8 Å². The molecule has 4 aromatic rings. The number of carbonyl (C=O) groups excluding carboxylic acids is 3. The Bertz CT molecular complexity index is 2540. The molecule has 1 aliphatic carbocycles. The molecule has 6 aliphatic rings. The van der Waals surface area contributed by atoms with Crippen LogP contribution < -0.4 is 10.2 Å². The Hall–Kier alpha value is -4.24. The van der Waals surface area contributed by atoms with Gasteiger partial charge in [0, 0.05) is 58.9 Å². The molecule has 0 unspecified atom stereocenters. The van der Waals surface area contributed by atoms with Gasteiger partial charge >= 0.3 is 0 Å². The Morgan fingerprint density at radius 2 is 1.80 bits per heavy atom. The number of aromatic amines is 1. The number of amides is 3. The minimum atomic E-state index is -2.01. The first kappa shape index (κ1) is 45.9. The number of para-hydroxylation sites is 1. The minimum absolute atomic E-state index is 0.104. The normalized spacial score (nSPS) is 27.0. The first-order valence-electron chi connectivity index (χ1n) is 23.4. The average Bonchev–Trinajstić information content (AvgIpc) is 3.92. The number of ether oxygens (including phenoxy) is 1. The Balaban J connectivity index is 0.000000203. The van der Waals surface area contributed by atoms with E-state index < -0.39 is 41.5 Å². The van der Waals surface area contributed by atoms with Gasteiger partial charge in [-0.15, -0.1) is 0 Å². The second-order valence-corrected chi connectivity index (χ2v) is 21.1. The fourth-order valence-electron chi connectivity index (χ4n) is 11.3. The molecule has 3 N–H and O–H groups in total. The number of hydrogen-bond donors (Lipinski definition) is 3. The van der Waals surface area contributed by atoms with Crippen molar-refractivity contribution in [3.63, 3.8) is 0 Å². The molecule has 0 bridgehead atoms. The lowest BCUT2D eigenvalue weighted by Crippen LogP contribution is -2.71. The number of aliphatic hydroxyl groups is 1. The van der Waals surface area contributed by atoms with Gasteiger partial charge in [-0.25, -0.2) is 0 Å². The molecule has 14 heteroatoms. The van der Waals surface area contributed by atoms with Crippen LogP contribution in [0.3, 0.4) is 0 Å². The number of H-pyrrole nitrogens is 1. The van der Waals surface area contributed by atoms with E-state index in [1.54, 1.807) is 18.7 Å². The summed E-state index contributed by atoms with van der Waals surface area (Å²) in [5.74, 6) is -4.01. The number of fused-ring (bicyclic) bond motifs is 7. The molecule has 10 rings (SSSR count). The maximum atomic E-state index is 14.4. The Morgan fingerprint density at radius 3 is 2.54 bits per heavy atom. The number of rotatable bonds is 9. The van der Waals surface area contributed by atoms with Crippen LogP contribution in [0.25, 0.3) is 16.5 Å². The highest BCUT2D eigenvalue weighted by Gasteiger charge is 2.72. The number of aromatic nitrogens is 1. The summed E-state index contributed by atoms with van der Waals surface area (Å²) in [5, 5.41) is 17.1. The molecule has 0 radical (unpaired) electrons. The molecule has 0 saturated carbocycles. The van der Waals surface area contributed by atoms with E-state index in [0.29, 0.717) is 25.9 Å². The van der Waals surface area contributed by atoms with Crippen molar-refractivity contribution in [2.45, 2.75) is 102 Å². The SMILES string of the molecule is CC(C)C[C@H]1C(=O)N2CCC[C@H]2[C@]2(O)O[C@](NC(=O)[C@@H]3C=C4c5cccc6[nH]c(Br)c(c56)C[C@H]4N(C)C3)(C(C)C)C(=O)N12.CN(C)CCCN1c2ccccc2CCc2ccc(Cl)cc21. The Kier molecular flexibility index (Phi) is 12.5. The van der Waals surface area contributed by atoms with Gasteiger partial charge in [-0.1, -0.05) is 81.8 Å². The van der Waals surface area contributed by atoms with E-state index in [1.807, 2.05) is 39.1 Å². The summed E-state index contributed by atoms with van der Waals surface area (Å²) in [7, 11) is 6.28. The van der Waals surface area contributed by atoms with Crippen LogP contribution in [0.4, 0.5) is 11.4 Å². The number of aryl methyl sites for hydroxylation is 2. The van der Waals surface area contributed by atoms with Crippen LogP contribution in [0.15, 0.2) is 71.3 Å². The van der Waals surface area contributed by atoms with Gasteiger partial charge < -0.3 is 30.1 Å². The standard InChI is InChI=1S/C32H40BrN5O5.C19H23ClN2/c1-16(2)12-24-29(40)37-11-7-10-25(37)32(42)38(24)30(41)31(43-32,17(3)4)35-28(39)18-13-20-19-8-6-9-22-26(19)21(27(33)34-22)14-23(20)36(5)15-18;1-21(2)12-5-13-22-18-7-4-3-6-15(18)8-9-16-10-11-17(20)14-19(16)22/h6,8-9,13,16-18,23-25,34,42H,7,10-12,14-15H2,1-5H3,(H,35,39);3-4,6-7,10-11,14H,5,8-9,12-13H2,1-2H3/t18-,23-,24+,25+,31-,32+;/m1./s1. The third kappa shape index (κ3) is 8.01. The molecule has 3 saturated heterocycles. The highest BCUT2D eigenvalue weighted by atomic mass is 79.9. The quantitative estimate of drug-likeness (QED) is 0.156. The van der Waals surface area contributed by atoms with Crippen molar-refractivity contribution in [1.82, 2.24) is 29.9 Å². The number of likely N-dealkylation sites (N-methyl/N-ethyl adjacent to an activating group) is 1. The zero-order valence-electron chi connectivity index (χ0n) is 38.7. The molecule has 6 heterocycles. The van der Waals surface area contributed by atoms with Gasteiger partial charge in [0.1, 0.15) is 12.1 Å². The fraction of sp³-hybridized carbons (Fsp3) is 0.510. The van der Waals surface area contributed by atoms with Crippen molar-refractivity contribution in [2.75, 3.05) is 52.2 Å². The monoisotopic (exact) mass is 967 g/mol. The zero-order valence-corrected chi connectivity index (χ0v) is 41.0. The third-order valence-electron chi connectivity index (χ3n) is 14.5. The topological polar surface area (TPSA) is 125 Å². The van der Waals surface area contributed by atoms with Gasteiger partial charge in [0.05, 0.1) is 10.5 Å². The molecule has 3 amide bonds. The molecular formula is C51H63BrClN7O5. The highest BCUT2D eigenvalue weighted by Crippen LogP contribution is 2.49. The first-order valence-corrected chi connectivity index (χ1v) is 24.6. The van der Waals surface area contributed by atoms with Crippen LogP contribution >= 0.6 is 27.5 Å². The second-order valence-electron chi connectivity index (χ2n) is 19.9. The number of hydrogen-bond acceptors (Lipinski definition) is 8. The first-order chi connectivity index (χ1) is 31.0. The van der Waals surface area contributed by atoms with Crippen LogP contribution in [0.5, 0.6) is 0 Å². The van der Waals surface area contributed by atoms with E-state index in [-0.39, 0.29) is 23.8 Å². The van der Waals surface area contributed by atoms with Crippen molar-refractivity contribution < 1.29 is 24.2 Å². The van der Waals surface area contributed by atoms with Crippen molar-refractivity contribution in [3.05, 3.63) is 98.6 Å². The predicted molar refractivity (Wildman–Crippen MR) is 260 cm³/mol. The smallest absolute Gasteiger partial charge is 0.281 e. The molecule has 5 aliphatic heterocycles. The molecule has 3 aromatic carbocycles. The molecule has 1 aromatic heterocycles. The molecule has 346 valence electrons. The van der Waals surface area contributed by atoms with E-state index in [2.05, 4.69) is 104 Å². The maximum absolute atomic E-state index is 14.4. The Labute approximate surface area is 396 Å². The molecule has 65 heavy (non-hydrogen) atoms. The van der Waals surface area contributed by atoms with E-state index >= 15 is 0 Å². The van der Waals surface area contributed by atoms with Gasteiger partial charge in [0.15, 0.2) is 0 Å². The van der Waals surface area contributed by atoms with Crippen LogP contribution in [0.1, 0.15) is 75.6 Å².